The van der Waals surface area contributed by atoms with Crippen LogP contribution in [0.5, 0.6) is 0 Å². The van der Waals surface area contributed by atoms with Crippen LogP contribution in [0.15, 0.2) is 0 Å². The molecule has 1 aliphatic heterocycles. The summed E-state index contributed by atoms with van der Waals surface area (Å²) < 4.78 is 5.72. The van der Waals surface area contributed by atoms with Crippen molar-refractivity contribution in [1.29, 1.82) is 5.26 Å². The summed E-state index contributed by atoms with van der Waals surface area (Å²) in [6, 6.07) is 3.56. The van der Waals surface area contributed by atoms with Crippen LogP contribution in [0.3, 0.4) is 0 Å². The quantitative estimate of drug-likeness (QED) is 0.797. The molecule has 1 saturated carbocycles. The lowest BCUT2D eigenvalue weighted by atomic mass is 9.98. The van der Waals surface area contributed by atoms with E-state index >= 15 is 0 Å². The first-order valence-corrected chi connectivity index (χ1v) is 7.61. The molecule has 19 heavy (non-hydrogen) atoms. The third-order valence-electron chi connectivity index (χ3n) is 4.30. The SMILES string of the molecule is CCC1COC(C)CN1CCC(C)(C#N)NC1CC1. The van der Waals surface area contributed by atoms with E-state index in [0.29, 0.717) is 18.2 Å². The molecule has 108 valence electrons. The zero-order valence-electron chi connectivity index (χ0n) is 12.5. The average molecular weight is 265 g/mol. The third-order valence-corrected chi connectivity index (χ3v) is 4.30. The minimum Gasteiger partial charge on any atom is -0.376 e. The van der Waals surface area contributed by atoms with Gasteiger partial charge in [-0.3, -0.25) is 10.2 Å². The molecule has 4 heteroatoms. The van der Waals surface area contributed by atoms with Gasteiger partial charge in [-0.05, 0) is 39.5 Å². The maximum absolute atomic E-state index is 9.41. The predicted octanol–water partition coefficient (Wildman–Crippen LogP) is 1.91. The third kappa shape index (κ3) is 4.17. The molecule has 2 aliphatic rings. The van der Waals surface area contributed by atoms with Gasteiger partial charge in [0.15, 0.2) is 0 Å². The highest BCUT2D eigenvalue weighted by atomic mass is 16.5. The Morgan fingerprint density at radius 1 is 1.47 bits per heavy atom. The summed E-state index contributed by atoms with van der Waals surface area (Å²) in [6.07, 6.45) is 4.77. The number of nitriles is 1. The highest BCUT2D eigenvalue weighted by Gasteiger charge is 2.34. The number of hydrogen-bond acceptors (Lipinski definition) is 4. The first-order chi connectivity index (χ1) is 9.06. The van der Waals surface area contributed by atoms with E-state index in [0.717, 1.165) is 32.5 Å². The summed E-state index contributed by atoms with van der Waals surface area (Å²) in [5, 5.41) is 12.9. The van der Waals surface area contributed by atoms with Crippen LogP contribution >= 0.6 is 0 Å². The number of rotatable bonds is 6. The summed E-state index contributed by atoms with van der Waals surface area (Å²) in [6.45, 7) is 9.18. The summed E-state index contributed by atoms with van der Waals surface area (Å²) in [4.78, 5) is 2.50. The molecule has 3 unspecified atom stereocenters. The molecule has 4 nitrogen and oxygen atoms in total. The Hall–Kier alpha value is -0.630. The molecule has 1 saturated heterocycles. The van der Waals surface area contributed by atoms with Crippen molar-refractivity contribution >= 4 is 0 Å². The minimum absolute atomic E-state index is 0.313. The molecule has 1 heterocycles. The molecule has 2 fully saturated rings. The van der Waals surface area contributed by atoms with E-state index in [1.165, 1.54) is 12.8 Å². The van der Waals surface area contributed by atoms with Gasteiger partial charge in [0.05, 0.1) is 18.8 Å². The van der Waals surface area contributed by atoms with Crippen molar-refractivity contribution in [3.8, 4) is 6.07 Å². The van der Waals surface area contributed by atoms with E-state index in [4.69, 9.17) is 4.74 Å². The molecule has 0 aromatic heterocycles. The Bertz CT molecular complexity index is 337. The highest BCUT2D eigenvalue weighted by Crippen LogP contribution is 2.24. The zero-order chi connectivity index (χ0) is 13.9. The molecule has 1 aliphatic carbocycles. The van der Waals surface area contributed by atoms with Crippen molar-refractivity contribution in [2.24, 2.45) is 0 Å². The second-order valence-electron chi connectivity index (χ2n) is 6.31. The first kappa shape index (κ1) is 14.8. The van der Waals surface area contributed by atoms with Gasteiger partial charge in [-0.15, -0.1) is 0 Å². The van der Waals surface area contributed by atoms with Gasteiger partial charge in [-0.25, -0.2) is 0 Å². The summed E-state index contributed by atoms with van der Waals surface area (Å²) >= 11 is 0. The monoisotopic (exact) mass is 265 g/mol. The van der Waals surface area contributed by atoms with Crippen molar-refractivity contribution in [3.63, 3.8) is 0 Å². The first-order valence-electron chi connectivity index (χ1n) is 7.61. The summed E-state index contributed by atoms with van der Waals surface area (Å²) in [5.41, 5.74) is -0.374. The zero-order valence-corrected chi connectivity index (χ0v) is 12.5. The molecular formula is C15H27N3O. The number of nitrogens with zero attached hydrogens (tertiary/aromatic N) is 2. The second kappa shape index (κ2) is 6.21. The maximum Gasteiger partial charge on any atom is 0.105 e. The normalized spacial score (nSPS) is 31.7. The van der Waals surface area contributed by atoms with Crippen LogP contribution in [-0.2, 0) is 4.74 Å². The lowest BCUT2D eigenvalue weighted by Crippen LogP contribution is -2.51. The predicted molar refractivity (Wildman–Crippen MR) is 75.9 cm³/mol. The van der Waals surface area contributed by atoms with Gasteiger partial charge in [0, 0.05) is 25.2 Å². The molecule has 0 aromatic carbocycles. The van der Waals surface area contributed by atoms with Crippen LogP contribution in [0.4, 0.5) is 0 Å². The van der Waals surface area contributed by atoms with E-state index in [1.807, 2.05) is 6.92 Å². The Balaban J connectivity index is 1.86. The van der Waals surface area contributed by atoms with Gasteiger partial charge < -0.3 is 4.74 Å². The molecule has 2 rings (SSSR count). The lowest BCUT2D eigenvalue weighted by molar-refractivity contribution is -0.0572. The van der Waals surface area contributed by atoms with Crippen molar-refractivity contribution in [2.75, 3.05) is 19.7 Å². The largest absolute Gasteiger partial charge is 0.376 e. The van der Waals surface area contributed by atoms with Gasteiger partial charge in [0.25, 0.3) is 0 Å². The highest BCUT2D eigenvalue weighted by molar-refractivity contribution is 5.07. The Labute approximate surface area is 117 Å². The Morgan fingerprint density at radius 2 is 2.21 bits per heavy atom. The van der Waals surface area contributed by atoms with Crippen LogP contribution < -0.4 is 5.32 Å². The number of hydrogen-bond donors (Lipinski definition) is 1. The number of ether oxygens (including phenoxy) is 1. The van der Waals surface area contributed by atoms with E-state index in [9.17, 15) is 5.26 Å². The summed E-state index contributed by atoms with van der Waals surface area (Å²) in [7, 11) is 0. The van der Waals surface area contributed by atoms with Gasteiger partial charge >= 0.3 is 0 Å². The fourth-order valence-corrected chi connectivity index (χ4v) is 2.77. The molecule has 0 amide bonds. The van der Waals surface area contributed by atoms with Gasteiger partial charge in [0.2, 0.25) is 0 Å². The Kier molecular flexibility index (Phi) is 4.83. The summed E-state index contributed by atoms with van der Waals surface area (Å²) in [5.74, 6) is 0. The number of morpholine rings is 1. The fraction of sp³-hybridized carbons (Fsp3) is 0.933. The molecule has 0 radical (unpaired) electrons. The van der Waals surface area contributed by atoms with E-state index in [2.05, 4.69) is 30.1 Å². The average Bonchev–Trinajstić information content (AvgIpc) is 3.20. The smallest absolute Gasteiger partial charge is 0.105 e. The minimum atomic E-state index is -0.374. The van der Waals surface area contributed by atoms with Crippen molar-refractivity contribution in [2.45, 2.75) is 70.2 Å². The van der Waals surface area contributed by atoms with Crippen LogP contribution in [-0.4, -0.2) is 48.3 Å². The van der Waals surface area contributed by atoms with Crippen LogP contribution in [0, 0.1) is 11.3 Å². The van der Waals surface area contributed by atoms with Crippen molar-refractivity contribution in [1.82, 2.24) is 10.2 Å². The molecule has 0 bridgehead atoms. The maximum atomic E-state index is 9.41. The Morgan fingerprint density at radius 3 is 2.79 bits per heavy atom. The van der Waals surface area contributed by atoms with E-state index in [1.54, 1.807) is 0 Å². The molecule has 3 atom stereocenters. The topological polar surface area (TPSA) is 48.3 Å². The van der Waals surface area contributed by atoms with E-state index in [-0.39, 0.29) is 5.54 Å². The molecule has 0 aromatic rings. The molecular weight excluding hydrogens is 238 g/mol. The van der Waals surface area contributed by atoms with Crippen LogP contribution in [0.25, 0.3) is 0 Å². The van der Waals surface area contributed by atoms with Gasteiger partial charge in [0.1, 0.15) is 5.54 Å². The van der Waals surface area contributed by atoms with E-state index < -0.39 is 0 Å². The van der Waals surface area contributed by atoms with Gasteiger partial charge in [-0.2, -0.15) is 5.26 Å². The second-order valence-corrected chi connectivity index (χ2v) is 6.31. The number of nitrogens with one attached hydrogen (secondary N) is 1. The molecule has 1 N–H and O–H groups in total. The fourth-order valence-electron chi connectivity index (χ4n) is 2.77. The van der Waals surface area contributed by atoms with Crippen molar-refractivity contribution < 1.29 is 4.74 Å². The van der Waals surface area contributed by atoms with Crippen molar-refractivity contribution in [3.05, 3.63) is 0 Å². The lowest BCUT2D eigenvalue weighted by Gasteiger charge is -2.39. The van der Waals surface area contributed by atoms with Gasteiger partial charge in [-0.1, -0.05) is 6.92 Å². The van der Waals surface area contributed by atoms with Crippen LogP contribution in [0.1, 0.15) is 46.5 Å². The standard InChI is InChI=1S/C15H27N3O/c1-4-14-10-19-12(2)9-18(14)8-7-15(3,11-16)17-13-5-6-13/h12-14,17H,4-10H2,1-3H3. The van der Waals surface area contributed by atoms with Crippen LogP contribution in [0.2, 0.25) is 0 Å². The molecule has 0 spiro atoms.